The van der Waals surface area contributed by atoms with Crippen molar-refractivity contribution in [2.24, 2.45) is 0 Å². The fourth-order valence-corrected chi connectivity index (χ4v) is 2.56. The molecule has 1 aliphatic rings. The van der Waals surface area contributed by atoms with Gasteiger partial charge < -0.3 is 9.80 Å². The van der Waals surface area contributed by atoms with Crippen LogP contribution in [0.1, 0.15) is 24.8 Å². The molecule has 0 radical (unpaired) electrons. The van der Waals surface area contributed by atoms with Gasteiger partial charge in [-0.2, -0.15) is 0 Å². The summed E-state index contributed by atoms with van der Waals surface area (Å²) in [5.41, 5.74) is 0.736. The highest BCUT2D eigenvalue weighted by molar-refractivity contribution is 5.78. The summed E-state index contributed by atoms with van der Waals surface area (Å²) in [6, 6.07) is 6.26. The molecule has 1 heterocycles. The number of hydrogen-bond acceptors (Lipinski definition) is 2. The van der Waals surface area contributed by atoms with E-state index < -0.39 is 0 Å². The van der Waals surface area contributed by atoms with Crippen LogP contribution in [0.25, 0.3) is 0 Å². The first-order valence-corrected chi connectivity index (χ1v) is 7.36. The number of benzene rings is 1. The van der Waals surface area contributed by atoms with Crippen molar-refractivity contribution in [3.8, 4) is 0 Å². The summed E-state index contributed by atoms with van der Waals surface area (Å²) in [7, 11) is 1.82. The van der Waals surface area contributed by atoms with E-state index in [-0.39, 0.29) is 18.1 Å². The molecular formula is C16H23FN2O. The molecule has 1 saturated heterocycles. The SMILES string of the molecule is CN(CCN1CCCCC1)C(=O)Cc1cccc(F)c1. The van der Waals surface area contributed by atoms with Gasteiger partial charge in [0.2, 0.25) is 5.91 Å². The van der Waals surface area contributed by atoms with Crippen LogP contribution in [0.15, 0.2) is 24.3 Å². The molecule has 2 rings (SSSR count). The molecule has 1 amide bonds. The number of nitrogens with zero attached hydrogens (tertiary/aromatic N) is 2. The van der Waals surface area contributed by atoms with E-state index in [0.717, 1.165) is 31.7 Å². The van der Waals surface area contributed by atoms with Crippen LogP contribution in [0, 0.1) is 5.82 Å². The second-order valence-corrected chi connectivity index (χ2v) is 5.52. The molecule has 0 aromatic heterocycles. The Morgan fingerprint density at radius 2 is 2.05 bits per heavy atom. The minimum atomic E-state index is -0.286. The van der Waals surface area contributed by atoms with Gasteiger partial charge in [-0.1, -0.05) is 18.6 Å². The highest BCUT2D eigenvalue weighted by Crippen LogP contribution is 2.09. The number of hydrogen-bond donors (Lipinski definition) is 0. The van der Waals surface area contributed by atoms with Gasteiger partial charge in [-0.25, -0.2) is 4.39 Å². The van der Waals surface area contributed by atoms with E-state index in [1.807, 2.05) is 7.05 Å². The van der Waals surface area contributed by atoms with Crippen molar-refractivity contribution >= 4 is 5.91 Å². The molecule has 0 spiro atoms. The fourth-order valence-electron chi connectivity index (χ4n) is 2.56. The topological polar surface area (TPSA) is 23.6 Å². The Labute approximate surface area is 120 Å². The highest BCUT2D eigenvalue weighted by atomic mass is 19.1. The number of carbonyl (C=O) groups excluding carboxylic acids is 1. The number of halogens is 1. The maximum Gasteiger partial charge on any atom is 0.226 e. The van der Waals surface area contributed by atoms with Crippen molar-refractivity contribution in [3.63, 3.8) is 0 Å². The van der Waals surface area contributed by atoms with Crippen LogP contribution in [0.2, 0.25) is 0 Å². The summed E-state index contributed by atoms with van der Waals surface area (Å²) < 4.78 is 13.1. The van der Waals surface area contributed by atoms with Crippen LogP contribution in [0.4, 0.5) is 4.39 Å². The van der Waals surface area contributed by atoms with Gasteiger partial charge in [0, 0.05) is 20.1 Å². The van der Waals surface area contributed by atoms with Crippen LogP contribution in [0.3, 0.4) is 0 Å². The van der Waals surface area contributed by atoms with Gasteiger partial charge in [0.25, 0.3) is 0 Å². The molecule has 3 nitrogen and oxygen atoms in total. The van der Waals surface area contributed by atoms with Crippen LogP contribution in [-0.4, -0.2) is 48.9 Å². The van der Waals surface area contributed by atoms with E-state index in [1.165, 1.54) is 31.4 Å². The van der Waals surface area contributed by atoms with E-state index in [2.05, 4.69) is 4.90 Å². The Morgan fingerprint density at radius 1 is 1.30 bits per heavy atom. The third kappa shape index (κ3) is 4.60. The summed E-state index contributed by atoms with van der Waals surface area (Å²) in [5, 5.41) is 0. The second kappa shape index (κ2) is 7.39. The maximum atomic E-state index is 13.1. The number of likely N-dealkylation sites (tertiary alicyclic amines) is 1. The van der Waals surface area contributed by atoms with Crippen molar-refractivity contribution in [2.45, 2.75) is 25.7 Å². The minimum Gasteiger partial charge on any atom is -0.344 e. The first-order chi connectivity index (χ1) is 9.65. The van der Waals surface area contributed by atoms with Crippen LogP contribution >= 0.6 is 0 Å². The lowest BCUT2D eigenvalue weighted by atomic mass is 10.1. The Kier molecular flexibility index (Phi) is 5.53. The average molecular weight is 278 g/mol. The van der Waals surface area contributed by atoms with Crippen molar-refractivity contribution in [3.05, 3.63) is 35.6 Å². The molecular weight excluding hydrogens is 255 g/mol. The molecule has 1 aromatic rings. The van der Waals surface area contributed by atoms with Crippen molar-refractivity contribution in [1.29, 1.82) is 0 Å². The monoisotopic (exact) mass is 278 g/mol. The lowest BCUT2D eigenvalue weighted by Gasteiger charge is -2.28. The first-order valence-electron chi connectivity index (χ1n) is 7.36. The van der Waals surface area contributed by atoms with Crippen molar-refractivity contribution in [1.82, 2.24) is 9.80 Å². The molecule has 0 N–H and O–H groups in total. The van der Waals surface area contributed by atoms with E-state index in [9.17, 15) is 9.18 Å². The molecule has 0 atom stereocenters. The third-order valence-electron chi connectivity index (χ3n) is 3.87. The molecule has 1 aromatic carbocycles. The lowest BCUT2D eigenvalue weighted by Crippen LogP contribution is -2.39. The van der Waals surface area contributed by atoms with Gasteiger partial charge in [-0.05, 0) is 43.6 Å². The standard InChI is InChI=1S/C16H23FN2O/c1-18(10-11-19-8-3-2-4-9-19)16(20)13-14-6-5-7-15(17)12-14/h5-7,12H,2-4,8-11,13H2,1H3. The zero-order valence-corrected chi connectivity index (χ0v) is 12.1. The molecule has 0 aliphatic carbocycles. The Hall–Kier alpha value is -1.42. The minimum absolute atomic E-state index is 0.0487. The second-order valence-electron chi connectivity index (χ2n) is 5.52. The number of likely N-dealkylation sites (N-methyl/N-ethyl adjacent to an activating group) is 1. The first kappa shape index (κ1) is 15.0. The van der Waals surface area contributed by atoms with Crippen LogP contribution in [0.5, 0.6) is 0 Å². The number of carbonyl (C=O) groups is 1. The highest BCUT2D eigenvalue weighted by Gasteiger charge is 2.13. The Morgan fingerprint density at radius 3 is 2.75 bits per heavy atom. The maximum absolute atomic E-state index is 13.1. The van der Waals surface area contributed by atoms with Gasteiger partial charge in [0.05, 0.1) is 6.42 Å². The molecule has 0 unspecified atom stereocenters. The molecule has 0 saturated carbocycles. The predicted molar refractivity (Wildman–Crippen MR) is 78.0 cm³/mol. The fraction of sp³-hybridized carbons (Fsp3) is 0.562. The number of piperidine rings is 1. The van der Waals surface area contributed by atoms with Crippen molar-refractivity contribution < 1.29 is 9.18 Å². The molecule has 1 aliphatic heterocycles. The zero-order valence-electron chi connectivity index (χ0n) is 12.1. The lowest BCUT2D eigenvalue weighted by molar-refractivity contribution is -0.129. The summed E-state index contributed by atoms with van der Waals surface area (Å²) >= 11 is 0. The number of rotatable bonds is 5. The normalized spacial score (nSPS) is 16.1. The smallest absolute Gasteiger partial charge is 0.226 e. The van der Waals surface area contributed by atoms with Crippen LogP contribution < -0.4 is 0 Å². The molecule has 20 heavy (non-hydrogen) atoms. The van der Waals surface area contributed by atoms with Gasteiger partial charge >= 0.3 is 0 Å². The Bertz CT molecular complexity index is 444. The van der Waals surface area contributed by atoms with E-state index in [4.69, 9.17) is 0 Å². The summed E-state index contributed by atoms with van der Waals surface area (Å²) in [4.78, 5) is 16.2. The molecule has 0 bridgehead atoms. The van der Waals surface area contributed by atoms with Gasteiger partial charge in [0.15, 0.2) is 0 Å². The molecule has 4 heteroatoms. The van der Waals surface area contributed by atoms with Gasteiger partial charge in [-0.15, -0.1) is 0 Å². The molecule has 110 valence electrons. The summed E-state index contributed by atoms with van der Waals surface area (Å²) in [5.74, 6) is -0.237. The quantitative estimate of drug-likeness (QED) is 0.825. The van der Waals surface area contributed by atoms with Gasteiger partial charge in [0.1, 0.15) is 5.82 Å². The Balaban J connectivity index is 1.76. The van der Waals surface area contributed by atoms with E-state index in [0.29, 0.717) is 0 Å². The predicted octanol–water partition coefficient (Wildman–Crippen LogP) is 2.31. The number of amides is 1. The summed E-state index contributed by atoms with van der Waals surface area (Å²) in [6.07, 6.45) is 4.13. The third-order valence-corrected chi connectivity index (χ3v) is 3.87. The van der Waals surface area contributed by atoms with Crippen molar-refractivity contribution in [2.75, 3.05) is 33.2 Å². The molecule has 1 fully saturated rings. The van der Waals surface area contributed by atoms with Gasteiger partial charge in [-0.3, -0.25) is 4.79 Å². The summed E-state index contributed by atoms with van der Waals surface area (Å²) in [6.45, 7) is 3.97. The van der Waals surface area contributed by atoms with E-state index in [1.54, 1.807) is 17.0 Å². The van der Waals surface area contributed by atoms with E-state index >= 15 is 0 Å². The van der Waals surface area contributed by atoms with Crippen LogP contribution in [-0.2, 0) is 11.2 Å². The zero-order chi connectivity index (χ0) is 14.4. The largest absolute Gasteiger partial charge is 0.344 e. The average Bonchev–Trinajstić information content (AvgIpc) is 2.46.